The van der Waals surface area contributed by atoms with Gasteiger partial charge in [-0.05, 0) is 20.3 Å². The molecule has 2 N–H and O–H groups in total. The quantitative estimate of drug-likeness (QED) is 0.861. The first-order chi connectivity index (χ1) is 7.04. The van der Waals surface area contributed by atoms with Crippen molar-refractivity contribution in [3.63, 3.8) is 0 Å². The summed E-state index contributed by atoms with van der Waals surface area (Å²) in [4.78, 5) is 5.79. The third-order valence-electron chi connectivity index (χ3n) is 2.36. The molecule has 0 aliphatic carbocycles. The minimum atomic E-state index is 0.116. The molecule has 1 rings (SSSR count). The molecule has 0 saturated carbocycles. The molecular weight excluding hydrogens is 224 g/mol. The average Bonchev–Trinajstić information content (AvgIpc) is 2.56. The van der Waals surface area contributed by atoms with Crippen molar-refractivity contribution in [3.8, 4) is 0 Å². The van der Waals surface area contributed by atoms with Crippen LogP contribution in [-0.2, 0) is 5.75 Å². The minimum Gasteiger partial charge on any atom is -0.323 e. The Kier molecular flexibility index (Phi) is 5.09. The highest BCUT2D eigenvalue weighted by molar-refractivity contribution is 7.99. The number of nitrogens with two attached hydrogens (primary N) is 1. The van der Waals surface area contributed by atoms with Crippen LogP contribution in [0, 0.1) is 6.92 Å². The summed E-state index contributed by atoms with van der Waals surface area (Å²) in [6.45, 7) is 8.55. The lowest BCUT2D eigenvalue weighted by molar-refractivity contribution is 0.825. The summed E-state index contributed by atoms with van der Waals surface area (Å²) in [5.74, 6) is 1.02. The van der Waals surface area contributed by atoms with Gasteiger partial charge in [0, 0.05) is 21.9 Å². The molecule has 0 aliphatic heterocycles. The molecule has 0 aromatic carbocycles. The van der Waals surface area contributed by atoms with Crippen LogP contribution in [-0.4, -0.2) is 10.2 Å². The Bertz CT molecular complexity index is 308. The Morgan fingerprint density at radius 2 is 2.13 bits per heavy atom. The zero-order valence-electron chi connectivity index (χ0n) is 9.91. The van der Waals surface area contributed by atoms with E-state index in [4.69, 9.17) is 5.73 Å². The maximum absolute atomic E-state index is 5.87. The molecule has 0 radical (unpaired) electrons. The highest BCUT2D eigenvalue weighted by Gasteiger charge is 2.11. The van der Waals surface area contributed by atoms with E-state index in [0.29, 0.717) is 5.25 Å². The molecule has 15 heavy (non-hydrogen) atoms. The molecule has 2 atom stereocenters. The molecule has 1 aromatic rings. The van der Waals surface area contributed by atoms with Crippen LogP contribution in [0.4, 0.5) is 0 Å². The van der Waals surface area contributed by atoms with E-state index in [2.05, 4.69) is 18.8 Å². The second-order valence-electron chi connectivity index (χ2n) is 3.88. The van der Waals surface area contributed by atoms with Crippen LogP contribution >= 0.6 is 23.1 Å². The number of rotatable bonds is 5. The van der Waals surface area contributed by atoms with Gasteiger partial charge in [-0.15, -0.1) is 11.3 Å². The average molecular weight is 244 g/mol. The lowest BCUT2D eigenvalue weighted by Gasteiger charge is -2.05. The van der Waals surface area contributed by atoms with Crippen molar-refractivity contribution >= 4 is 23.1 Å². The topological polar surface area (TPSA) is 38.9 Å². The monoisotopic (exact) mass is 244 g/mol. The van der Waals surface area contributed by atoms with Crippen molar-refractivity contribution in [2.24, 2.45) is 5.73 Å². The normalized spacial score (nSPS) is 15.3. The number of nitrogens with zero attached hydrogens (tertiary/aromatic N) is 1. The number of thiazole rings is 1. The van der Waals surface area contributed by atoms with E-state index in [-0.39, 0.29) is 6.04 Å². The molecule has 4 heteroatoms. The molecule has 0 fully saturated rings. The van der Waals surface area contributed by atoms with Gasteiger partial charge in [0.25, 0.3) is 0 Å². The Morgan fingerprint density at radius 1 is 1.47 bits per heavy atom. The van der Waals surface area contributed by atoms with E-state index in [1.165, 1.54) is 16.3 Å². The van der Waals surface area contributed by atoms with Gasteiger partial charge in [0.2, 0.25) is 0 Å². The predicted octanol–water partition coefficient (Wildman–Crippen LogP) is 3.50. The first-order valence-electron chi connectivity index (χ1n) is 5.38. The van der Waals surface area contributed by atoms with E-state index in [1.54, 1.807) is 11.3 Å². The van der Waals surface area contributed by atoms with Gasteiger partial charge < -0.3 is 5.73 Å². The van der Waals surface area contributed by atoms with E-state index in [9.17, 15) is 0 Å². The van der Waals surface area contributed by atoms with Gasteiger partial charge in [0.05, 0.1) is 5.69 Å². The molecule has 0 bridgehead atoms. The van der Waals surface area contributed by atoms with Crippen LogP contribution in [0.3, 0.4) is 0 Å². The zero-order chi connectivity index (χ0) is 11.4. The lowest BCUT2D eigenvalue weighted by Crippen LogP contribution is -2.03. The standard InChI is InChI=1S/C11H20N2S2/c1-5-7(2)14-6-10-13-9(4)11(15-10)8(3)12/h7-8H,5-6,12H2,1-4H3. The van der Waals surface area contributed by atoms with Crippen LogP contribution in [0.15, 0.2) is 0 Å². The van der Waals surface area contributed by atoms with Gasteiger partial charge in [0.15, 0.2) is 0 Å². The Hall–Kier alpha value is -0.0600. The van der Waals surface area contributed by atoms with Crippen molar-refractivity contribution in [2.75, 3.05) is 0 Å². The SMILES string of the molecule is CCC(C)SCc1nc(C)c(C(C)N)s1. The molecule has 2 unspecified atom stereocenters. The van der Waals surface area contributed by atoms with Gasteiger partial charge in [-0.1, -0.05) is 13.8 Å². The van der Waals surface area contributed by atoms with Crippen LogP contribution in [0.2, 0.25) is 0 Å². The van der Waals surface area contributed by atoms with Gasteiger partial charge in [-0.2, -0.15) is 11.8 Å². The number of aromatic nitrogens is 1. The summed E-state index contributed by atoms with van der Waals surface area (Å²) in [6, 6.07) is 0.116. The first-order valence-corrected chi connectivity index (χ1v) is 7.24. The highest BCUT2D eigenvalue weighted by Crippen LogP contribution is 2.27. The Balaban J connectivity index is 2.59. The van der Waals surface area contributed by atoms with E-state index in [1.807, 2.05) is 25.6 Å². The summed E-state index contributed by atoms with van der Waals surface area (Å²) < 4.78 is 0. The molecule has 1 heterocycles. The summed E-state index contributed by atoms with van der Waals surface area (Å²) in [5.41, 5.74) is 6.98. The molecule has 0 spiro atoms. The lowest BCUT2D eigenvalue weighted by atomic mass is 10.2. The summed E-state index contributed by atoms with van der Waals surface area (Å²) in [6.07, 6.45) is 1.22. The third kappa shape index (κ3) is 3.78. The third-order valence-corrected chi connectivity index (χ3v) is 5.24. The second kappa shape index (κ2) is 5.87. The smallest absolute Gasteiger partial charge is 0.103 e. The number of hydrogen-bond donors (Lipinski definition) is 1. The highest BCUT2D eigenvalue weighted by atomic mass is 32.2. The van der Waals surface area contributed by atoms with E-state index >= 15 is 0 Å². The molecule has 0 amide bonds. The Morgan fingerprint density at radius 3 is 2.60 bits per heavy atom. The van der Waals surface area contributed by atoms with Crippen molar-refractivity contribution in [2.45, 2.75) is 51.2 Å². The number of hydrogen-bond acceptors (Lipinski definition) is 4. The van der Waals surface area contributed by atoms with Crippen LogP contribution in [0.1, 0.15) is 48.8 Å². The second-order valence-corrected chi connectivity index (χ2v) is 6.42. The van der Waals surface area contributed by atoms with Crippen molar-refractivity contribution in [3.05, 3.63) is 15.6 Å². The number of aryl methyl sites for hydroxylation is 1. The van der Waals surface area contributed by atoms with Crippen molar-refractivity contribution < 1.29 is 0 Å². The predicted molar refractivity (Wildman–Crippen MR) is 70.5 cm³/mol. The Labute approximate surface area is 101 Å². The van der Waals surface area contributed by atoms with Crippen LogP contribution in [0.25, 0.3) is 0 Å². The molecule has 2 nitrogen and oxygen atoms in total. The fraction of sp³-hybridized carbons (Fsp3) is 0.727. The zero-order valence-corrected chi connectivity index (χ0v) is 11.5. The summed E-state index contributed by atoms with van der Waals surface area (Å²) >= 11 is 3.73. The number of thioether (sulfide) groups is 1. The molecule has 0 aliphatic rings. The molecule has 1 aromatic heterocycles. The van der Waals surface area contributed by atoms with Gasteiger partial charge in [-0.25, -0.2) is 4.98 Å². The van der Waals surface area contributed by atoms with Crippen LogP contribution in [0.5, 0.6) is 0 Å². The minimum absolute atomic E-state index is 0.116. The van der Waals surface area contributed by atoms with E-state index < -0.39 is 0 Å². The molecule has 0 saturated heterocycles. The van der Waals surface area contributed by atoms with Crippen molar-refractivity contribution in [1.82, 2.24) is 4.98 Å². The summed E-state index contributed by atoms with van der Waals surface area (Å²) in [7, 11) is 0. The molecular formula is C11H20N2S2. The largest absolute Gasteiger partial charge is 0.323 e. The van der Waals surface area contributed by atoms with Gasteiger partial charge in [-0.3, -0.25) is 0 Å². The van der Waals surface area contributed by atoms with Gasteiger partial charge >= 0.3 is 0 Å². The van der Waals surface area contributed by atoms with Crippen molar-refractivity contribution in [1.29, 1.82) is 0 Å². The molecule has 86 valence electrons. The fourth-order valence-corrected chi connectivity index (χ4v) is 3.26. The van der Waals surface area contributed by atoms with E-state index in [0.717, 1.165) is 11.4 Å². The van der Waals surface area contributed by atoms with Gasteiger partial charge in [0.1, 0.15) is 5.01 Å². The first kappa shape index (κ1) is 13.0. The fourth-order valence-electron chi connectivity index (χ4n) is 1.28. The maximum atomic E-state index is 5.87. The van der Waals surface area contributed by atoms with Crippen LogP contribution < -0.4 is 5.73 Å². The maximum Gasteiger partial charge on any atom is 0.103 e. The summed E-state index contributed by atoms with van der Waals surface area (Å²) in [5, 5.41) is 1.93.